The molecule has 0 spiro atoms. The topological polar surface area (TPSA) is 54.0 Å². The van der Waals surface area contributed by atoms with Crippen molar-refractivity contribution in [1.82, 2.24) is 15.6 Å². The van der Waals surface area contributed by atoms with Gasteiger partial charge < -0.3 is 10.6 Å². The monoisotopic (exact) mass is 289 g/mol. The number of hydrogen-bond acceptors (Lipinski definition) is 3. The number of piperidine rings is 1. The molecule has 0 bridgehead atoms. The number of carbonyl (C=O) groups excluding carboxylic acids is 1. The van der Waals surface area contributed by atoms with Crippen LogP contribution in [0.4, 0.5) is 0 Å². The Hall–Kier alpha value is -1.65. The summed E-state index contributed by atoms with van der Waals surface area (Å²) in [5.74, 6) is -0.0842. The van der Waals surface area contributed by atoms with Crippen molar-refractivity contribution in [3.8, 4) is 0 Å². The van der Waals surface area contributed by atoms with Gasteiger partial charge in [0.25, 0.3) is 5.91 Å². The second-order valence-electron chi connectivity index (χ2n) is 5.01. The molecule has 20 heavy (non-hydrogen) atoms. The fourth-order valence-electron chi connectivity index (χ4n) is 2.56. The summed E-state index contributed by atoms with van der Waals surface area (Å²) >= 11 is 6.14. The van der Waals surface area contributed by atoms with Crippen LogP contribution in [-0.2, 0) is 0 Å². The minimum atomic E-state index is -0.0842. The van der Waals surface area contributed by atoms with E-state index in [2.05, 4.69) is 15.6 Å². The summed E-state index contributed by atoms with van der Waals surface area (Å²) in [6, 6.07) is 7.37. The largest absolute Gasteiger partial charge is 0.348 e. The van der Waals surface area contributed by atoms with Crippen LogP contribution in [0.3, 0.4) is 0 Å². The van der Waals surface area contributed by atoms with E-state index in [4.69, 9.17) is 11.6 Å². The lowest BCUT2D eigenvalue weighted by molar-refractivity contribution is 0.0932. The maximum Gasteiger partial charge on any atom is 0.253 e. The zero-order chi connectivity index (χ0) is 13.9. The molecule has 1 aliphatic heterocycles. The number of hydrogen-bond donors (Lipinski definition) is 2. The van der Waals surface area contributed by atoms with Crippen LogP contribution in [0, 0.1) is 0 Å². The number of benzene rings is 1. The average Bonchev–Trinajstić information content (AvgIpc) is 2.49. The standard InChI is InChI=1S/C15H16ClN3O/c16-13-6-5-12(14-11(13)4-2-8-18-14)15(20)19-10-3-1-7-17-9-10/h2,4-6,8,10,17H,1,3,7,9H2,(H,19,20). The molecule has 2 aromatic rings. The van der Waals surface area contributed by atoms with Crippen molar-refractivity contribution in [2.45, 2.75) is 18.9 Å². The Morgan fingerprint density at radius 3 is 3.10 bits per heavy atom. The van der Waals surface area contributed by atoms with Crippen molar-refractivity contribution < 1.29 is 4.79 Å². The van der Waals surface area contributed by atoms with Gasteiger partial charge in [-0.05, 0) is 43.7 Å². The number of nitrogens with one attached hydrogen (secondary N) is 2. The predicted octanol–water partition coefficient (Wildman–Crippen LogP) is 2.37. The van der Waals surface area contributed by atoms with Crippen molar-refractivity contribution in [3.63, 3.8) is 0 Å². The molecule has 104 valence electrons. The molecule has 0 radical (unpaired) electrons. The SMILES string of the molecule is O=C(NC1CCCNC1)c1ccc(Cl)c2cccnc12. The number of halogens is 1. The maximum absolute atomic E-state index is 12.4. The van der Waals surface area contributed by atoms with E-state index in [9.17, 15) is 4.79 Å². The lowest BCUT2D eigenvalue weighted by Crippen LogP contribution is -2.45. The molecule has 1 fully saturated rings. The Morgan fingerprint density at radius 1 is 1.40 bits per heavy atom. The first-order valence-corrected chi connectivity index (χ1v) is 7.18. The van der Waals surface area contributed by atoms with Crippen LogP contribution < -0.4 is 10.6 Å². The Bertz CT molecular complexity index is 638. The summed E-state index contributed by atoms with van der Waals surface area (Å²) in [5.41, 5.74) is 1.23. The molecule has 1 atom stereocenters. The lowest BCUT2D eigenvalue weighted by Gasteiger charge is -2.24. The highest BCUT2D eigenvalue weighted by Crippen LogP contribution is 2.24. The van der Waals surface area contributed by atoms with E-state index in [-0.39, 0.29) is 11.9 Å². The Morgan fingerprint density at radius 2 is 2.30 bits per heavy atom. The van der Waals surface area contributed by atoms with Gasteiger partial charge in [-0.15, -0.1) is 0 Å². The van der Waals surface area contributed by atoms with E-state index < -0.39 is 0 Å². The van der Waals surface area contributed by atoms with Gasteiger partial charge in [0.1, 0.15) is 0 Å². The third kappa shape index (κ3) is 2.62. The number of nitrogens with zero attached hydrogens (tertiary/aromatic N) is 1. The fourth-order valence-corrected chi connectivity index (χ4v) is 2.77. The van der Waals surface area contributed by atoms with Crippen LogP contribution in [0.15, 0.2) is 30.5 Å². The predicted molar refractivity (Wildman–Crippen MR) is 80.1 cm³/mol. The van der Waals surface area contributed by atoms with Crippen LogP contribution in [0.5, 0.6) is 0 Å². The van der Waals surface area contributed by atoms with Crippen LogP contribution in [-0.4, -0.2) is 30.0 Å². The smallest absolute Gasteiger partial charge is 0.253 e. The zero-order valence-corrected chi connectivity index (χ0v) is 11.8. The van der Waals surface area contributed by atoms with Crippen LogP contribution in [0.1, 0.15) is 23.2 Å². The van der Waals surface area contributed by atoms with E-state index in [1.165, 1.54) is 0 Å². The van der Waals surface area contributed by atoms with E-state index in [1.807, 2.05) is 12.1 Å². The van der Waals surface area contributed by atoms with Crippen molar-refractivity contribution in [1.29, 1.82) is 0 Å². The van der Waals surface area contributed by atoms with Gasteiger partial charge in [-0.25, -0.2) is 0 Å². The average molecular weight is 290 g/mol. The third-order valence-electron chi connectivity index (χ3n) is 3.59. The molecule has 1 amide bonds. The number of pyridine rings is 1. The molecule has 1 unspecified atom stereocenters. The van der Waals surface area contributed by atoms with Gasteiger partial charge >= 0.3 is 0 Å². The Kier molecular flexibility index (Phi) is 3.85. The number of aromatic nitrogens is 1. The van der Waals surface area contributed by atoms with Gasteiger partial charge in [0.15, 0.2) is 0 Å². The lowest BCUT2D eigenvalue weighted by atomic mass is 10.1. The Labute approximate surface area is 122 Å². The molecule has 1 saturated heterocycles. The number of carbonyl (C=O) groups is 1. The number of rotatable bonds is 2. The van der Waals surface area contributed by atoms with E-state index in [0.717, 1.165) is 31.3 Å². The highest BCUT2D eigenvalue weighted by molar-refractivity contribution is 6.36. The second kappa shape index (κ2) is 5.77. The highest BCUT2D eigenvalue weighted by atomic mass is 35.5. The molecule has 5 heteroatoms. The van der Waals surface area contributed by atoms with Crippen molar-refractivity contribution in [3.05, 3.63) is 41.0 Å². The summed E-state index contributed by atoms with van der Waals surface area (Å²) in [6.07, 6.45) is 3.78. The first kappa shape index (κ1) is 13.3. The van der Waals surface area contributed by atoms with E-state index in [1.54, 1.807) is 18.3 Å². The second-order valence-corrected chi connectivity index (χ2v) is 5.42. The molecule has 0 aliphatic carbocycles. The summed E-state index contributed by atoms with van der Waals surface area (Å²) < 4.78 is 0. The summed E-state index contributed by atoms with van der Waals surface area (Å²) in [6.45, 7) is 1.85. The minimum absolute atomic E-state index is 0.0842. The summed E-state index contributed by atoms with van der Waals surface area (Å²) in [4.78, 5) is 16.7. The van der Waals surface area contributed by atoms with Gasteiger partial charge in [-0.1, -0.05) is 11.6 Å². The Balaban J connectivity index is 1.89. The minimum Gasteiger partial charge on any atom is -0.348 e. The molecule has 1 aromatic heterocycles. The molecule has 1 aromatic carbocycles. The molecule has 0 saturated carbocycles. The van der Waals surface area contributed by atoms with Gasteiger partial charge in [0.2, 0.25) is 0 Å². The number of fused-ring (bicyclic) bond motifs is 1. The molecular formula is C15H16ClN3O. The molecule has 4 nitrogen and oxygen atoms in total. The highest BCUT2D eigenvalue weighted by Gasteiger charge is 2.18. The van der Waals surface area contributed by atoms with Crippen molar-refractivity contribution >= 4 is 28.4 Å². The van der Waals surface area contributed by atoms with Crippen molar-refractivity contribution in [2.75, 3.05) is 13.1 Å². The van der Waals surface area contributed by atoms with Crippen LogP contribution >= 0.6 is 11.6 Å². The van der Waals surface area contributed by atoms with Gasteiger partial charge in [0, 0.05) is 24.2 Å². The van der Waals surface area contributed by atoms with Crippen LogP contribution in [0.2, 0.25) is 5.02 Å². The molecular weight excluding hydrogens is 274 g/mol. The fraction of sp³-hybridized carbons (Fsp3) is 0.333. The molecule has 3 rings (SSSR count). The molecule has 1 aliphatic rings. The third-order valence-corrected chi connectivity index (χ3v) is 3.92. The van der Waals surface area contributed by atoms with Crippen LogP contribution in [0.25, 0.3) is 10.9 Å². The quantitative estimate of drug-likeness (QED) is 0.892. The molecule has 2 heterocycles. The zero-order valence-electron chi connectivity index (χ0n) is 11.0. The van der Waals surface area contributed by atoms with E-state index >= 15 is 0 Å². The summed E-state index contributed by atoms with van der Waals surface area (Å²) in [5, 5.41) is 7.77. The van der Waals surface area contributed by atoms with Gasteiger partial charge in [-0.3, -0.25) is 9.78 Å². The van der Waals surface area contributed by atoms with Gasteiger partial charge in [0.05, 0.1) is 16.1 Å². The normalized spacial score (nSPS) is 18.9. The summed E-state index contributed by atoms with van der Waals surface area (Å²) in [7, 11) is 0. The van der Waals surface area contributed by atoms with Crippen molar-refractivity contribution in [2.24, 2.45) is 0 Å². The maximum atomic E-state index is 12.4. The number of amides is 1. The first-order chi connectivity index (χ1) is 9.75. The molecule has 2 N–H and O–H groups in total. The van der Waals surface area contributed by atoms with Gasteiger partial charge in [-0.2, -0.15) is 0 Å². The van der Waals surface area contributed by atoms with E-state index in [0.29, 0.717) is 16.1 Å². The first-order valence-electron chi connectivity index (χ1n) is 6.80.